The first-order chi connectivity index (χ1) is 20.1. The van der Waals surface area contributed by atoms with Crippen LogP contribution in [-0.2, 0) is 33.3 Å². The van der Waals surface area contributed by atoms with E-state index in [4.69, 9.17) is 33.2 Å². The number of carbonyl (C=O) groups is 4. The quantitative estimate of drug-likeness (QED) is 0.164. The highest BCUT2D eigenvalue weighted by Crippen LogP contribution is 2.32. The van der Waals surface area contributed by atoms with Crippen LogP contribution in [0.5, 0.6) is 17.2 Å². The van der Waals surface area contributed by atoms with Gasteiger partial charge in [-0.15, -0.1) is 0 Å². The van der Waals surface area contributed by atoms with Gasteiger partial charge in [0.25, 0.3) is 0 Å². The maximum absolute atomic E-state index is 13.4. The first-order valence-electron chi connectivity index (χ1n) is 13.6. The SMILES string of the molecule is COc1ccnc(C(=O)C[C@H]2CCOC[C@H](OC(=O)C(C)C)[C@@H](Oc3ccccc3)[C@H](C)OC2=O)c1OCOC(C)=O. The molecule has 1 fully saturated rings. The van der Waals surface area contributed by atoms with Crippen LogP contribution in [0.3, 0.4) is 0 Å². The Hall–Kier alpha value is -4.19. The molecule has 1 aliphatic heterocycles. The average molecular weight is 588 g/mol. The zero-order valence-corrected chi connectivity index (χ0v) is 24.4. The molecule has 0 radical (unpaired) electrons. The van der Waals surface area contributed by atoms with Crippen LogP contribution in [0.4, 0.5) is 0 Å². The summed E-state index contributed by atoms with van der Waals surface area (Å²) in [5.41, 5.74) is -0.0914. The lowest BCUT2D eigenvalue weighted by Crippen LogP contribution is -2.49. The Morgan fingerprint density at radius 3 is 2.52 bits per heavy atom. The third-order valence-corrected chi connectivity index (χ3v) is 6.36. The monoisotopic (exact) mass is 587 g/mol. The first-order valence-corrected chi connectivity index (χ1v) is 13.6. The van der Waals surface area contributed by atoms with Gasteiger partial charge in [-0.1, -0.05) is 32.0 Å². The van der Waals surface area contributed by atoms with E-state index in [1.807, 2.05) is 6.07 Å². The van der Waals surface area contributed by atoms with Crippen molar-refractivity contribution in [3.8, 4) is 17.2 Å². The number of rotatable bonds is 11. The summed E-state index contributed by atoms with van der Waals surface area (Å²) in [5, 5.41) is 0. The van der Waals surface area contributed by atoms with Crippen LogP contribution in [0.15, 0.2) is 42.6 Å². The van der Waals surface area contributed by atoms with Crippen molar-refractivity contribution in [1.29, 1.82) is 0 Å². The van der Waals surface area contributed by atoms with Crippen LogP contribution in [-0.4, -0.2) is 74.1 Å². The topological polar surface area (TPSA) is 146 Å². The van der Waals surface area contributed by atoms with Gasteiger partial charge < -0.3 is 33.2 Å². The highest BCUT2D eigenvalue weighted by molar-refractivity contribution is 5.99. The predicted molar refractivity (Wildman–Crippen MR) is 147 cm³/mol. The molecule has 0 unspecified atom stereocenters. The molecule has 0 N–H and O–H groups in total. The van der Waals surface area contributed by atoms with Gasteiger partial charge in [0.1, 0.15) is 11.9 Å². The Morgan fingerprint density at radius 2 is 1.86 bits per heavy atom. The van der Waals surface area contributed by atoms with Crippen LogP contribution in [0.2, 0.25) is 0 Å². The maximum Gasteiger partial charge on any atom is 0.309 e. The number of pyridine rings is 1. The molecular weight excluding hydrogens is 550 g/mol. The van der Waals surface area contributed by atoms with Gasteiger partial charge in [0.05, 0.1) is 25.6 Å². The van der Waals surface area contributed by atoms with Crippen LogP contribution in [0.1, 0.15) is 51.0 Å². The first kappa shape index (κ1) is 32.3. The molecule has 228 valence electrons. The van der Waals surface area contributed by atoms with E-state index in [0.717, 1.165) is 0 Å². The minimum absolute atomic E-state index is 0.00983. The number of methoxy groups -OCH3 is 1. The standard InChI is InChI=1S/C30H37NO11/c1-18(2)29(34)42-25-16-37-14-12-21(30(35)40-19(3)27(25)41-22-9-7-6-8-10-22)15-23(33)26-28(39-17-38-20(4)32)24(36-5)11-13-31-26/h6-11,13,18-19,21,25,27H,12,14-17H2,1-5H3/t19-,21+,25-,27-/m0/s1. The molecule has 0 amide bonds. The molecule has 4 atom stereocenters. The van der Waals surface area contributed by atoms with E-state index in [0.29, 0.717) is 5.75 Å². The summed E-state index contributed by atoms with van der Waals surface area (Å²) in [4.78, 5) is 54.5. The second-order valence-electron chi connectivity index (χ2n) is 9.94. The lowest BCUT2D eigenvalue weighted by Gasteiger charge is -2.33. The van der Waals surface area contributed by atoms with Gasteiger partial charge >= 0.3 is 17.9 Å². The zero-order valence-electron chi connectivity index (χ0n) is 24.4. The molecule has 1 saturated heterocycles. The molecule has 3 rings (SSSR count). The number of Topliss-reactive ketones (excluding diaryl/α,β-unsaturated/α-hetero) is 1. The van der Waals surface area contributed by atoms with Crippen molar-refractivity contribution in [2.45, 2.75) is 58.8 Å². The van der Waals surface area contributed by atoms with E-state index in [2.05, 4.69) is 4.98 Å². The van der Waals surface area contributed by atoms with Crippen LogP contribution in [0, 0.1) is 11.8 Å². The Kier molecular flexibility index (Phi) is 12.1. The number of cyclic esters (lactones) is 1. The number of esters is 3. The van der Waals surface area contributed by atoms with Gasteiger partial charge in [0, 0.05) is 32.2 Å². The van der Waals surface area contributed by atoms with Gasteiger partial charge in [0.15, 0.2) is 35.2 Å². The molecule has 2 aromatic rings. The van der Waals surface area contributed by atoms with Gasteiger partial charge in [-0.05, 0) is 25.5 Å². The average Bonchev–Trinajstić information content (AvgIpc) is 2.96. The van der Waals surface area contributed by atoms with Crippen molar-refractivity contribution in [3.63, 3.8) is 0 Å². The minimum atomic E-state index is -0.894. The van der Waals surface area contributed by atoms with Crippen molar-refractivity contribution in [2.24, 2.45) is 11.8 Å². The fraction of sp³-hybridized carbons (Fsp3) is 0.500. The van der Waals surface area contributed by atoms with Crippen molar-refractivity contribution in [3.05, 3.63) is 48.3 Å². The highest BCUT2D eigenvalue weighted by Gasteiger charge is 2.38. The molecule has 1 aromatic heterocycles. The molecule has 0 spiro atoms. The Balaban J connectivity index is 1.81. The molecule has 0 aliphatic carbocycles. The molecule has 12 nitrogen and oxygen atoms in total. The van der Waals surface area contributed by atoms with E-state index in [1.165, 1.54) is 26.3 Å². The smallest absolute Gasteiger partial charge is 0.309 e. The highest BCUT2D eigenvalue weighted by atomic mass is 16.7. The molecule has 42 heavy (non-hydrogen) atoms. The summed E-state index contributed by atoms with van der Waals surface area (Å²) in [6.45, 7) is 5.89. The second-order valence-corrected chi connectivity index (χ2v) is 9.94. The molecule has 0 bridgehead atoms. The zero-order chi connectivity index (χ0) is 30.6. The second kappa shape index (κ2) is 15.7. The van der Waals surface area contributed by atoms with Gasteiger partial charge in [0.2, 0.25) is 6.79 Å². The van der Waals surface area contributed by atoms with Gasteiger partial charge in [-0.2, -0.15) is 0 Å². The number of ether oxygens (including phenoxy) is 7. The summed E-state index contributed by atoms with van der Waals surface area (Å²) in [6, 6.07) is 10.4. The largest absolute Gasteiger partial charge is 0.493 e. The van der Waals surface area contributed by atoms with E-state index >= 15 is 0 Å². The lowest BCUT2D eigenvalue weighted by atomic mass is 9.96. The molecule has 0 saturated carbocycles. The minimum Gasteiger partial charge on any atom is -0.493 e. The van der Waals surface area contributed by atoms with Gasteiger partial charge in [-0.25, -0.2) is 4.98 Å². The Morgan fingerprint density at radius 1 is 1.12 bits per heavy atom. The number of hydrogen-bond acceptors (Lipinski definition) is 12. The fourth-order valence-electron chi connectivity index (χ4n) is 4.11. The summed E-state index contributed by atoms with van der Waals surface area (Å²) in [5.74, 6) is -2.78. The van der Waals surface area contributed by atoms with Crippen molar-refractivity contribution in [1.82, 2.24) is 4.98 Å². The number of hydrogen-bond donors (Lipinski definition) is 0. The number of carbonyl (C=O) groups excluding carboxylic acids is 4. The number of benzene rings is 1. The van der Waals surface area contributed by atoms with E-state index in [1.54, 1.807) is 45.0 Å². The van der Waals surface area contributed by atoms with E-state index in [9.17, 15) is 19.2 Å². The fourth-order valence-corrected chi connectivity index (χ4v) is 4.11. The number of ketones is 1. The Bertz CT molecular complexity index is 1220. The van der Waals surface area contributed by atoms with Crippen LogP contribution in [0.25, 0.3) is 0 Å². The van der Waals surface area contributed by atoms with Crippen molar-refractivity contribution in [2.75, 3.05) is 27.1 Å². The van der Waals surface area contributed by atoms with E-state index < -0.39 is 54.7 Å². The van der Waals surface area contributed by atoms with E-state index in [-0.39, 0.29) is 49.2 Å². The molecule has 1 aromatic carbocycles. The summed E-state index contributed by atoms with van der Waals surface area (Å²) in [7, 11) is 1.39. The Labute approximate surface area is 244 Å². The third kappa shape index (κ3) is 9.16. The van der Waals surface area contributed by atoms with Crippen LogP contribution < -0.4 is 14.2 Å². The normalized spacial score (nSPS) is 21.0. The number of para-hydroxylation sites is 1. The molecule has 12 heteroatoms. The van der Waals surface area contributed by atoms with Gasteiger partial charge in [-0.3, -0.25) is 19.2 Å². The summed E-state index contributed by atoms with van der Waals surface area (Å²) < 4.78 is 39.1. The van der Waals surface area contributed by atoms with Crippen LogP contribution >= 0.6 is 0 Å². The number of nitrogens with zero attached hydrogens (tertiary/aromatic N) is 1. The summed E-state index contributed by atoms with van der Waals surface area (Å²) >= 11 is 0. The lowest BCUT2D eigenvalue weighted by molar-refractivity contribution is -0.178. The maximum atomic E-state index is 13.4. The molecular formula is C30H37NO11. The molecule has 2 heterocycles. The van der Waals surface area contributed by atoms with Crippen molar-refractivity contribution < 1.29 is 52.3 Å². The van der Waals surface area contributed by atoms with Crippen molar-refractivity contribution >= 4 is 23.7 Å². The summed E-state index contributed by atoms with van der Waals surface area (Å²) in [6.07, 6.45) is -1.38. The number of aromatic nitrogens is 1. The third-order valence-electron chi connectivity index (χ3n) is 6.36. The predicted octanol–water partition coefficient (Wildman–Crippen LogP) is 3.55. The molecule has 1 aliphatic rings.